The van der Waals surface area contributed by atoms with Crippen molar-refractivity contribution >= 4 is 41.9 Å². The summed E-state index contributed by atoms with van der Waals surface area (Å²) in [6, 6.07) is 8.49. The maximum atomic E-state index is 12.1. The van der Waals surface area contributed by atoms with E-state index in [2.05, 4.69) is 50.0 Å². The smallest absolute Gasteiger partial charge is 0.322 e. The van der Waals surface area contributed by atoms with Gasteiger partial charge in [0.25, 0.3) is 0 Å². The summed E-state index contributed by atoms with van der Waals surface area (Å²) in [6.07, 6.45) is 4.14. The molecule has 43 heavy (non-hydrogen) atoms. The first-order valence-electron chi connectivity index (χ1n) is 13.7. The van der Waals surface area contributed by atoms with Crippen molar-refractivity contribution in [3.8, 4) is 0 Å². The molecule has 2 rings (SSSR count). The van der Waals surface area contributed by atoms with E-state index in [0.29, 0.717) is 43.5 Å². The molecule has 0 fully saturated rings. The van der Waals surface area contributed by atoms with E-state index in [1.807, 2.05) is 31.3 Å². The Kier molecular flexibility index (Phi) is 21.0. The number of nitrogens with two attached hydrogens (primary N) is 4. The van der Waals surface area contributed by atoms with Crippen LogP contribution in [-0.4, -0.2) is 83.0 Å². The van der Waals surface area contributed by atoms with Crippen LogP contribution < -0.4 is 38.9 Å². The minimum Gasteiger partial charge on any atom is -0.480 e. The summed E-state index contributed by atoms with van der Waals surface area (Å²) in [5.41, 5.74) is 23.9. The molecule has 0 aliphatic carbocycles. The van der Waals surface area contributed by atoms with Crippen LogP contribution in [0.25, 0.3) is 0 Å². The number of hydrogen-bond donors (Lipinski definition) is 10. The third kappa shape index (κ3) is 22.0. The first-order chi connectivity index (χ1) is 20.3. The Hall–Kier alpha value is -4.28. The number of guanidine groups is 1. The zero-order chi connectivity index (χ0) is 32.6. The van der Waals surface area contributed by atoms with Gasteiger partial charge in [-0.25, -0.2) is 0 Å². The lowest BCUT2D eigenvalue weighted by Gasteiger charge is -2.18. The van der Waals surface area contributed by atoms with Crippen molar-refractivity contribution in [2.75, 3.05) is 26.2 Å². The molecule has 0 aliphatic rings. The Balaban J connectivity index is 0.00000100. The van der Waals surface area contributed by atoms with Gasteiger partial charge in [-0.3, -0.25) is 24.2 Å². The number of hydrogen-bond acceptors (Lipinski definition) is 8. The van der Waals surface area contributed by atoms with Gasteiger partial charge in [-0.05, 0) is 64.7 Å². The number of imidazole rings is 1. The van der Waals surface area contributed by atoms with Crippen molar-refractivity contribution in [2.45, 2.75) is 58.0 Å². The Bertz CT molecular complexity index is 1180. The molecule has 0 spiro atoms. The van der Waals surface area contributed by atoms with Crippen LogP contribution in [0.3, 0.4) is 0 Å². The van der Waals surface area contributed by atoms with Crippen molar-refractivity contribution in [1.82, 2.24) is 25.9 Å². The van der Waals surface area contributed by atoms with Gasteiger partial charge in [-0.15, -0.1) is 0 Å². The van der Waals surface area contributed by atoms with Gasteiger partial charge in [-0.2, -0.15) is 0 Å². The van der Waals surface area contributed by atoms with Crippen LogP contribution in [0, 0.1) is 18.6 Å². The second kappa shape index (κ2) is 23.3. The average Bonchev–Trinajstić information content (AvgIpc) is 3.35. The number of unbranched alkanes of at least 4 members (excludes halogenated alkanes) is 1. The standard InChI is InChI=1S/C16H32N8O5.C7H8.C4H6N2S/c17-6-2-1-5-11(15(29)23-9-13(26)27)24-12(25)8-22-14(28)10(18)4-3-7-21-16(19)20;1-7-5-3-2-4-6-7;1-3-2-5-4(7)6-3/h10-11H,1-9,17-18H2,(H,22,28)(H,23,29)(H,24,25)(H,26,27)(H4,19,20,21);2-6H,1H3;2H,1H3,(H2,5,6,7). The Morgan fingerprint density at radius 3 is 2.09 bits per heavy atom. The molecule has 2 unspecified atom stereocenters. The zero-order valence-electron chi connectivity index (χ0n) is 24.7. The number of nitrogens with zero attached hydrogens (tertiary/aromatic N) is 1. The van der Waals surface area contributed by atoms with Crippen molar-refractivity contribution in [2.24, 2.45) is 27.9 Å². The molecule has 16 heteroatoms. The molecule has 1 aromatic heterocycles. The molecule has 1 heterocycles. The van der Waals surface area contributed by atoms with Gasteiger partial charge in [0.1, 0.15) is 12.6 Å². The molecule has 0 bridgehead atoms. The lowest BCUT2D eigenvalue weighted by atomic mass is 10.1. The van der Waals surface area contributed by atoms with E-state index in [4.69, 9.17) is 40.3 Å². The summed E-state index contributed by atoms with van der Waals surface area (Å²) in [5, 5.41) is 15.7. The van der Waals surface area contributed by atoms with E-state index in [1.54, 1.807) is 0 Å². The van der Waals surface area contributed by atoms with Crippen LogP contribution in [-0.2, 0) is 19.2 Å². The van der Waals surface area contributed by atoms with Crippen LogP contribution in [0.5, 0.6) is 0 Å². The van der Waals surface area contributed by atoms with Crippen molar-refractivity contribution in [1.29, 1.82) is 0 Å². The summed E-state index contributed by atoms with van der Waals surface area (Å²) in [6.45, 7) is 3.86. The zero-order valence-corrected chi connectivity index (χ0v) is 25.5. The maximum absolute atomic E-state index is 12.1. The number of aromatic amines is 2. The monoisotopic (exact) mass is 622 g/mol. The molecule has 0 saturated carbocycles. The number of amides is 3. The number of aliphatic carboxylic acids is 1. The number of aryl methyl sites for hydroxylation is 2. The fourth-order valence-corrected chi connectivity index (χ4v) is 3.42. The van der Waals surface area contributed by atoms with E-state index < -0.39 is 42.3 Å². The molecular formula is C27H46N10O5S. The van der Waals surface area contributed by atoms with E-state index in [0.717, 1.165) is 5.69 Å². The number of aromatic nitrogens is 2. The van der Waals surface area contributed by atoms with Gasteiger partial charge in [0.2, 0.25) is 17.7 Å². The van der Waals surface area contributed by atoms with Crippen molar-refractivity contribution < 1.29 is 24.3 Å². The summed E-state index contributed by atoms with van der Waals surface area (Å²) in [4.78, 5) is 56.1. The third-order valence-corrected chi connectivity index (χ3v) is 5.63. The van der Waals surface area contributed by atoms with E-state index in [9.17, 15) is 19.2 Å². The lowest BCUT2D eigenvalue weighted by molar-refractivity contribution is -0.138. The number of H-pyrrole nitrogens is 2. The Morgan fingerprint density at radius 1 is 0.977 bits per heavy atom. The first-order valence-corrected chi connectivity index (χ1v) is 14.1. The van der Waals surface area contributed by atoms with Crippen LogP contribution >= 0.6 is 12.2 Å². The number of rotatable bonds is 15. The minimum atomic E-state index is -1.20. The highest BCUT2D eigenvalue weighted by Gasteiger charge is 2.21. The highest BCUT2D eigenvalue weighted by atomic mass is 32.1. The SMILES string of the molecule is Cc1c[nH]c(=S)[nH]1.Cc1ccccc1.NCCCCC(NC(=O)CNC(=O)C(N)CCCN=C(N)N)C(=O)NCC(=O)O. The maximum Gasteiger partial charge on any atom is 0.322 e. The highest BCUT2D eigenvalue weighted by molar-refractivity contribution is 7.71. The normalized spacial score (nSPS) is 11.3. The minimum absolute atomic E-state index is 0.0481. The molecule has 2 atom stereocenters. The Labute approximate surface area is 256 Å². The Morgan fingerprint density at radius 2 is 1.63 bits per heavy atom. The van der Waals surface area contributed by atoms with E-state index in [1.165, 1.54) is 5.56 Å². The molecule has 2 aromatic rings. The largest absolute Gasteiger partial charge is 0.480 e. The number of carboxylic acid groups (broad SMARTS) is 1. The number of carbonyl (C=O) groups excluding carboxylic acids is 3. The fraction of sp³-hybridized carbons (Fsp3) is 0.481. The summed E-state index contributed by atoms with van der Waals surface area (Å²) < 4.78 is 0.692. The van der Waals surface area contributed by atoms with Gasteiger partial charge in [0.15, 0.2) is 10.7 Å². The van der Waals surface area contributed by atoms with Gasteiger partial charge < -0.3 is 54.0 Å². The van der Waals surface area contributed by atoms with Crippen LogP contribution in [0.4, 0.5) is 0 Å². The number of carboxylic acids is 1. The molecule has 3 amide bonds. The molecule has 15 nitrogen and oxygen atoms in total. The molecule has 0 aliphatic heterocycles. The van der Waals surface area contributed by atoms with E-state index >= 15 is 0 Å². The summed E-state index contributed by atoms with van der Waals surface area (Å²) in [7, 11) is 0. The highest BCUT2D eigenvalue weighted by Crippen LogP contribution is 2.01. The topological polar surface area (TPSA) is 273 Å². The van der Waals surface area contributed by atoms with Crippen molar-refractivity contribution in [3.63, 3.8) is 0 Å². The molecule has 240 valence electrons. The second-order valence-electron chi connectivity index (χ2n) is 9.37. The molecule has 14 N–H and O–H groups in total. The average molecular weight is 623 g/mol. The van der Waals surface area contributed by atoms with Gasteiger partial charge in [0, 0.05) is 18.4 Å². The van der Waals surface area contributed by atoms with Crippen molar-refractivity contribution in [3.05, 3.63) is 52.6 Å². The predicted octanol–water partition coefficient (Wildman–Crippen LogP) is -0.326. The first kappa shape index (κ1) is 38.7. The quantitative estimate of drug-likeness (QED) is 0.0534. The third-order valence-electron chi connectivity index (χ3n) is 5.41. The number of aliphatic imine (C=N–C) groups is 1. The number of benzene rings is 1. The molecule has 1 aromatic carbocycles. The van der Waals surface area contributed by atoms with Crippen LogP contribution in [0.1, 0.15) is 43.4 Å². The second-order valence-corrected chi connectivity index (χ2v) is 9.78. The molecule has 0 saturated heterocycles. The summed E-state index contributed by atoms with van der Waals surface area (Å²) >= 11 is 4.72. The van der Waals surface area contributed by atoms with Gasteiger partial charge >= 0.3 is 5.97 Å². The predicted molar refractivity (Wildman–Crippen MR) is 168 cm³/mol. The van der Waals surface area contributed by atoms with Crippen LogP contribution in [0.15, 0.2) is 41.5 Å². The lowest BCUT2D eigenvalue weighted by Crippen LogP contribution is -2.51. The number of carbonyl (C=O) groups is 4. The van der Waals surface area contributed by atoms with E-state index in [-0.39, 0.29) is 18.9 Å². The van der Waals surface area contributed by atoms with Gasteiger partial charge in [-0.1, -0.05) is 35.9 Å². The summed E-state index contributed by atoms with van der Waals surface area (Å²) in [5.74, 6) is -3.01. The van der Waals surface area contributed by atoms with Gasteiger partial charge in [0.05, 0.1) is 12.6 Å². The molecule has 0 radical (unpaired) electrons. The van der Waals surface area contributed by atoms with Crippen LogP contribution in [0.2, 0.25) is 0 Å². The fourth-order valence-electron chi connectivity index (χ4n) is 3.20. The molecular weight excluding hydrogens is 576 g/mol. The number of nitrogens with one attached hydrogen (secondary N) is 5.